The van der Waals surface area contributed by atoms with Crippen molar-refractivity contribution in [1.82, 2.24) is 15.5 Å². The number of nitrogens with zero attached hydrogens (tertiary/aromatic N) is 2. The summed E-state index contributed by atoms with van der Waals surface area (Å²) in [7, 11) is 0. The number of aromatic nitrogens is 2. The molecule has 0 saturated heterocycles. The van der Waals surface area contributed by atoms with E-state index in [4.69, 9.17) is 4.52 Å². The van der Waals surface area contributed by atoms with Crippen LogP contribution in [0.25, 0.3) is 10.7 Å². The normalized spacial score (nSPS) is 12.3. The molecule has 2 aromatic rings. The van der Waals surface area contributed by atoms with E-state index < -0.39 is 0 Å². The third-order valence-electron chi connectivity index (χ3n) is 3.42. The maximum absolute atomic E-state index is 11.9. The third kappa shape index (κ3) is 5.26. The molecule has 120 valence electrons. The van der Waals surface area contributed by atoms with Crippen LogP contribution in [0.5, 0.6) is 0 Å². The van der Waals surface area contributed by atoms with Crippen LogP contribution in [0.3, 0.4) is 0 Å². The molecule has 0 aliphatic carbocycles. The van der Waals surface area contributed by atoms with E-state index in [2.05, 4.69) is 29.3 Å². The lowest BCUT2D eigenvalue weighted by atomic mass is 10.1. The highest BCUT2D eigenvalue weighted by molar-refractivity contribution is 7.13. The zero-order valence-electron chi connectivity index (χ0n) is 13.2. The minimum Gasteiger partial charge on any atom is -0.354 e. The molecular weight excluding hydrogens is 298 g/mol. The SMILES string of the molecule is CCCCCC(C)NC(=O)CCc1nc(-c2cccs2)no1. The van der Waals surface area contributed by atoms with Crippen molar-refractivity contribution in [3.63, 3.8) is 0 Å². The zero-order valence-corrected chi connectivity index (χ0v) is 14.0. The highest BCUT2D eigenvalue weighted by Gasteiger charge is 2.12. The van der Waals surface area contributed by atoms with E-state index in [1.807, 2.05) is 17.5 Å². The van der Waals surface area contributed by atoms with Gasteiger partial charge in [0.2, 0.25) is 17.6 Å². The summed E-state index contributed by atoms with van der Waals surface area (Å²) < 4.78 is 5.19. The fraction of sp³-hybridized carbons (Fsp3) is 0.562. The number of carbonyl (C=O) groups is 1. The zero-order chi connectivity index (χ0) is 15.8. The topological polar surface area (TPSA) is 68.0 Å². The first-order chi connectivity index (χ1) is 10.7. The summed E-state index contributed by atoms with van der Waals surface area (Å²) in [5, 5.41) is 8.93. The standard InChI is InChI=1S/C16H23N3O2S/c1-3-4-5-7-12(2)17-14(20)9-10-15-18-16(19-21-15)13-8-6-11-22-13/h6,8,11-12H,3-5,7,9-10H2,1-2H3,(H,17,20). The monoisotopic (exact) mass is 321 g/mol. The molecule has 0 aliphatic heterocycles. The molecule has 1 N–H and O–H groups in total. The molecule has 0 bridgehead atoms. The molecule has 0 aromatic carbocycles. The summed E-state index contributed by atoms with van der Waals surface area (Å²) in [4.78, 5) is 17.2. The van der Waals surface area contributed by atoms with Crippen molar-refractivity contribution >= 4 is 17.2 Å². The molecule has 1 unspecified atom stereocenters. The van der Waals surface area contributed by atoms with Crippen LogP contribution in [-0.4, -0.2) is 22.1 Å². The van der Waals surface area contributed by atoms with Crippen molar-refractivity contribution in [3.8, 4) is 10.7 Å². The van der Waals surface area contributed by atoms with E-state index in [0.29, 0.717) is 24.6 Å². The van der Waals surface area contributed by atoms with Crippen molar-refractivity contribution in [1.29, 1.82) is 0 Å². The number of unbranched alkanes of at least 4 members (excludes halogenated alkanes) is 2. The van der Waals surface area contributed by atoms with E-state index in [1.54, 1.807) is 11.3 Å². The van der Waals surface area contributed by atoms with Gasteiger partial charge in [-0.1, -0.05) is 37.4 Å². The van der Waals surface area contributed by atoms with E-state index in [-0.39, 0.29) is 11.9 Å². The summed E-state index contributed by atoms with van der Waals surface area (Å²) >= 11 is 1.57. The lowest BCUT2D eigenvalue weighted by Gasteiger charge is -2.12. The van der Waals surface area contributed by atoms with Gasteiger partial charge in [0.05, 0.1) is 4.88 Å². The predicted octanol–water partition coefficient (Wildman–Crippen LogP) is 3.82. The number of aryl methyl sites for hydroxylation is 1. The highest BCUT2D eigenvalue weighted by Crippen LogP contribution is 2.21. The van der Waals surface area contributed by atoms with Crippen molar-refractivity contribution in [3.05, 3.63) is 23.4 Å². The Morgan fingerprint density at radius 3 is 3.05 bits per heavy atom. The van der Waals surface area contributed by atoms with E-state index in [1.165, 1.54) is 12.8 Å². The molecule has 0 aliphatic rings. The van der Waals surface area contributed by atoms with Crippen LogP contribution in [0.15, 0.2) is 22.0 Å². The van der Waals surface area contributed by atoms with Gasteiger partial charge in [0.1, 0.15) is 0 Å². The van der Waals surface area contributed by atoms with Gasteiger partial charge in [-0.25, -0.2) is 0 Å². The molecule has 1 atom stereocenters. The molecule has 2 aromatic heterocycles. The molecule has 2 heterocycles. The molecule has 0 fully saturated rings. The molecular formula is C16H23N3O2S. The van der Waals surface area contributed by atoms with Crippen molar-refractivity contribution in [2.45, 2.75) is 58.4 Å². The summed E-state index contributed by atoms with van der Waals surface area (Å²) in [5.74, 6) is 1.15. The lowest BCUT2D eigenvalue weighted by molar-refractivity contribution is -0.121. The second-order valence-electron chi connectivity index (χ2n) is 5.45. The number of thiophene rings is 1. The van der Waals surface area contributed by atoms with Crippen LogP contribution in [-0.2, 0) is 11.2 Å². The number of amides is 1. The van der Waals surface area contributed by atoms with Crippen LogP contribution in [0.4, 0.5) is 0 Å². The maximum Gasteiger partial charge on any atom is 0.227 e. The van der Waals surface area contributed by atoms with Crippen LogP contribution >= 0.6 is 11.3 Å². The van der Waals surface area contributed by atoms with E-state index >= 15 is 0 Å². The Kier molecular flexibility index (Phi) is 6.58. The van der Waals surface area contributed by atoms with Crippen molar-refractivity contribution in [2.75, 3.05) is 0 Å². The van der Waals surface area contributed by atoms with Gasteiger partial charge in [0.15, 0.2) is 0 Å². The molecule has 2 rings (SSSR count). The van der Waals surface area contributed by atoms with Crippen LogP contribution in [0.2, 0.25) is 0 Å². The minimum absolute atomic E-state index is 0.0415. The molecule has 0 radical (unpaired) electrons. The summed E-state index contributed by atoms with van der Waals surface area (Å²) in [5.41, 5.74) is 0. The van der Waals surface area contributed by atoms with Gasteiger partial charge < -0.3 is 9.84 Å². The summed E-state index contributed by atoms with van der Waals surface area (Å²) in [6.45, 7) is 4.23. The largest absolute Gasteiger partial charge is 0.354 e. The second-order valence-corrected chi connectivity index (χ2v) is 6.40. The minimum atomic E-state index is 0.0415. The molecule has 1 amide bonds. The first kappa shape index (κ1) is 16.7. The molecule has 0 spiro atoms. The van der Waals surface area contributed by atoms with Gasteiger partial charge in [-0.2, -0.15) is 4.98 Å². The number of rotatable bonds is 9. The molecule has 22 heavy (non-hydrogen) atoms. The van der Waals surface area contributed by atoms with Crippen LogP contribution in [0, 0.1) is 0 Å². The Morgan fingerprint density at radius 1 is 1.45 bits per heavy atom. The number of nitrogens with one attached hydrogen (secondary N) is 1. The van der Waals surface area contributed by atoms with Gasteiger partial charge in [-0.15, -0.1) is 11.3 Å². The lowest BCUT2D eigenvalue weighted by Crippen LogP contribution is -2.32. The predicted molar refractivity (Wildman–Crippen MR) is 87.7 cm³/mol. The Bertz CT molecular complexity index is 566. The Hall–Kier alpha value is -1.69. The first-order valence-corrected chi connectivity index (χ1v) is 8.72. The van der Waals surface area contributed by atoms with Gasteiger partial charge in [-0.05, 0) is 24.8 Å². The molecule has 0 saturated carbocycles. The average Bonchev–Trinajstić information content (AvgIpc) is 3.16. The van der Waals surface area contributed by atoms with E-state index in [9.17, 15) is 4.79 Å². The Morgan fingerprint density at radius 2 is 2.32 bits per heavy atom. The smallest absolute Gasteiger partial charge is 0.227 e. The first-order valence-electron chi connectivity index (χ1n) is 7.85. The highest BCUT2D eigenvalue weighted by atomic mass is 32.1. The summed E-state index contributed by atoms with van der Waals surface area (Å²) in [6, 6.07) is 4.12. The van der Waals surface area contributed by atoms with Crippen molar-refractivity contribution in [2.24, 2.45) is 0 Å². The van der Waals surface area contributed by atoms with E-state index in [0.717, 1.165) is 17.7 Å². The van der Waals surface area contributed by atoms with Gasteiger partial charge in [0.25, 0.3) is 0 Å². The average molecular weight is 321 g/mol. The Labute approximate surface area is 135 Å². The quantitative estimate of drug-likeness (QED) is 0.713. The number of hydrogen-bond donors (Lipinski definition) is 1. The van der Waals surface area contributed by atoms with Crippen LogP contribution < -0.4 is 5.32 Å². The van der Waals surface area contributed by atoms with Gasteiger partial charge >= 0.3 is 0 Å². The molecule has 5 nitrogen and oxygen atoms in total. The van der Waals surface area contributed by atoms with Crippen LogP contribution in [0.1, 0.15) is 51.8 Å². The third-order valence-corrected chi connectivity index (χ3v) is 4.29. The number of carbonyl (C=O) groups excluding carboxylic acids is 1. The molecule has 6 heteroatoms. The fourth-order valence-electron chi connectivity index (χ4n) is 2.20. The van der Waals surface area contributed by atoms with Gasteiger partial charge in [-0.3, -0.25) is 4.79 Å². The number of hydrogen-bond acceptors (Lipinski definition) is 5. The summed E-state index contributed by atoms with van der Waals surface area (Å²) in [6.07, 6.45) is 5.46. The van der Waals surface area contributed by atoms with Crippen molar-refractivity contribution < 1.29 is 9.32 Å². The second kappa shape index (κ2) is 8.68. The fourth-order valence-corrected chi connectivity index (χ4v) is 2.85. The van der Waals surface area contributed by atoms with Gasteiger partial charge in [0, 0.05) is 18.9 Å². The maximum atomic E-state index is 11.9. The Balaban J connectivity index is 1.72.